The first-order valence-electron chi connectivity index (χ1n) is 8.02. The molecule has 21 heavy (non-hydrogen) atoms. The minimum atomic E-state index is 0. The van der Waals surface area contributed by atoms with Gasteiger partial charge in [0.15, 0.2) is 5.96 Å². The van der Waals surface area contributed by atoms with Crippen LogP contribution < -0.4 is 5.32 Å². The van der Waals surface area contributed by atoms with Crippen LogP contribution in [0.1, 0.15) is 33.6 Å². The summed E-state index contributed by atoms with van der Waals surface area (Å²) in [7, 11) is 0. The van der Waals surface area contributed by atoms with Crippen molar-refractivity contribution in [3.8, 4) is 0 Å². The van der Waals surface area contributed by atoms with E-state index in [1.54, 1.807) is 0 Å². The van der Waals surface area contributed by atoms with E-state index in [1.807, 2.05) is 11.8 Å². The lowest BCUT2D eigenvalue weighted by Crippen LogP contribution is -2.43. The number of guanidine groups is 1. The maximum atomic E-state index is 4.78. The van der Waals surface area contributed by atoms with E-state index < -0.39 is 0 Å². The molecule has 1 heterocycles. The number of likely N-dealkylation sites (tertiary alicyclic amines) is 1. The molecule has 0 radical (unpaired) electrons. The van der Waals surface area contributed by atoms with Crippen LogP contribution in [0, 0.1) is 0 Å². The normalized spacial score (nSPS) is 19.0. The monoisotopic (exact) mass is 428 g/mol. The van der Waals surface area contributed by atoms with Crippen LogP contribution in [0.25, 0.3) is 0 Å². The number of halogens is 1. The Hall–Kier alpha value is 0.310. The molecular formula is C15H33IN4S. The van der Waals surface area contributed by atoms with Crippen LogP contribution in [0.5, 0.6) is 0 Å². The van der Waals surface area contributed by atoms with Gasteiger partial charge in [0, 0.05) is 32.2 Å². The van der Waals surface area contributed by atoms with Gasteiger partial charge in [-0.3, -0.25) is 9.89 Å². The van der Waals surface area contributed by atoms with Gasteiger partial charge in [-0.05, 0) is 44.9 Å². The molecule has 0 spiro atoms. The molecule has 0 saturated carbocycles. The third-order valence-corrected chi connectivity index (χ3v) is 4.59. The molecule has 1 N–H and O–H groups in total. The summed E-state index contributed by atoms with van der Waals surface area (Å²) in [4.78, 5) is 9.78. The summed E-state index contributed by atoms with van der Waals surface area (Å²) in [6.45, 7) is 13.1. The molecule has 1 rings (SSSR count). The summed E-state index contributed by atoms with van der Waals surface area (Å²) in [6, 6.07) is 0.694. The van der Waals surface area contributed by atoms with Crippen molar-refractivity contribution in [2.75, 3.05) is 51.3 Å². The van der Waals surface area contributed by atoms with E-state index in [0.717, 1.165) is 45.2 Å². The second-order valence-corrected chi connectivity index (χ2v) is 6.18. The Balaban J connectivity index is 0.00000400. The highest BCUT2D eigenvalue weighted by atomic mass is 127. The summed E-state index contributed by atoms with van der Waals surface area (Å²) in [5.41, 5.74) is 0. The number of hydrogen-bond acceptors (Lipinski definition) is 3. The van der Waals surface area contributed by atoms with Gasteiger partial charge in [-0.15, -0.1) is 24.0 Å². The first kappa shape index (κ1) is 21.3. The van der Waals surface area contributed by atoms with Crippen LogP contribution in [-0.2, 0) is 0 Å². The summed E-state index contributed by atoms with van der Waals surface area (Å²) in [6.07, 6.45) is 4.59. The predicted molar refractivity (Wildman–Crippen MR) is 107 cm³/mol. The van der Waals surface area contributed by atoms with Crippen molar-refractivity contribution in [1.82, 2.24) is 15.1 Å². The standard InChI is InChI=1S/C15H32N4S.HI/c1-5-16-15(17-10-8-12-20-4)19-11-9-14(13-19)18(6-2)7-3;/h14H,5-13H2,1-4H3,(H,16,17);1H. The van der Waals surface area contributed by atoms with Crippen molar-refractivity contribution in [3.63, 3.8) is 0 Å². The first-order valence-corrected chi connectivity index (χ1v) is 9.42. The Bertz CT molecular complexity index is 285. The number of aliphatic imine (C=N–C) groups is 1. The molecule has 0 aromatic rings. The van der Waals surface area contributed by atoms with Crippen molar-refractivity contribution in [1.29, 1.82) is 0 Å². The average Bonchev–Trinajstić information content (AvgIpc) is 2.93. The molecule has 1 unspecified atom stereocenters. The van der Waals surface area contributed by atoms with Gasteiger partial charge in [-0.1, -0.05) is 13.8 Å². The number of likely N-dealkylation sites (N-methyl/N-ethyl adjacent to an activating group) is 1. The van der Waals surface area contributed by atoms with Crippen LogP contribution >= 0.6 is 35.7 Å². The zero-order valence-electron chi connectivity index (χ0n) is 14.1. The van der Waals surface area contributed by atoms with E-state index in [4.69, 9.17) is 4.99 Å². The molecular weight excluding hydrogens is 395 g/mol. The van der Waals surface area contributed by atoms with Gasteiger partial charge in [-0.2, -0.15) is 11.8 Å². The van der Waals surface area contributed by atoms with Crippen LogP contribution in [0.4, 0.5) is 0 Å². The third kappa shape index (κ3) is 7.41. The Kier molecular flexibility index (Phi) is 13.0. The van der Waals surface area contributed by atoms with Crippen LogP contribution in [0.3, 0.4) is 0 Å². The lowest BCUT2D eigenvalue weighted by molar-refractivity contribution is 0.223. The second-order valence-electron chi connectivity index (χ2n) is 5.19. The first-order chi connectivity index (χ1) is 9.76. The highest BCUT2D eigenvalue weighted by molar-refractivity contribution is 14.0. The Morgan fingerprint density at radius 1 is 1.33 bits per heavy atom. The van der Waals surface area contributed by atoms with E-state index in [0.29, 0.717) is 6.04 Å². The maximum Gasteiger partial charge on any atom is 0.193 e. The second kappa shape index (κ2) is 12.8. The van der Waals surface area contributed by atoms with Gasteiger partial charge < -0.3 is 10.2 Å². The van der Waals surface area contributed by atoms with Crippen LogP contribution in [0.2, 0.25) is 0 Å². The van der Waals surface area contributed by atoms with E-state index >= 15 is 0 Å². The predicted octanol–water partition coefficient (Wildman–Crippen LogP) is 2.74. The summed E-state index contributed by atoms with van der Waals surface area (Å²) < 4.78 is 0. The number of hydrogen-bond donors (Lipinski definition) is 1. The minimum Gasteiger partial charge on any atom is -0.357 e. The smallest absolute Gasteiger partial charge is 0.193 e. The average molecular weight is 428 g/mol. The van der Waals surface area contributed by atoms with Crippen molar-refractivity contribution < 1.29 is 0 Å². The number of thioether (sulfide) groups is 1. The summed E-state index contributed by atoms with van der Waals surface area (Å²) in [5, 5.41) is 3.45. The van der Waals surface area contributed by atoms with Crippen LogP contribution in [-0.4, -0.2) is 73.1 Å². The molecule has 0 aliphatic carbocycles. The largest absolute Gasteiger partial charge is 0.357 e. The zero-order chi connectivity index (χ0) is 14.8. The van der Waals surface area contributed by atoms with Crippen molar-refractivity contribution in [2.45, 2.75) is 39.7 Å². The number of nitrogens with zero attached hydrogens (tertiary/aromatic N) is 3. The van der Waals surface area contributed by atoms with E-state index in [2.05, 4.69) is 42.1 Å². The molecule has 1 fully saturated rings. The molecule has 6 heteroatoms. The molecule has 0 aromatic carbocycles. The quantitative estimate of drug-likeness (QED) is 0.279. The molecule has 126 valence electrons. The lowest BCUT2D eigenvalue weighted by atomic mass is 10.2. The summed E-state index contributed by atoms with van der Waals surface area (Å²) >= 11 is 1.90. The lowest BCUT2D eigenvalue weighted by Gasteiger charge is -2.27. The molecule has 0 amide bonds. The minimum absolute atomic E-state index is 0. The van der Waals surface area contributed by atoms with Gasteiger partial charge in [0.1, 0.15) is 0 Å². The highest BCUT2D eigenvalue weighted by Gasteiger charge is 2.27. The van der Waals surface area contributed by atoms with Crippen molar-refractivity contribution in [2.24, 2.45) is 4.99 Å². The Morgan fingerprint density at radius 3 is 2.62 bits per heavy atom. The molecule has 1 aliphatic rings. The van der Waals surface area contributed by atoms with E-state index in [9.17, 15) is 0 Å². The summed E-state index contributed by atoms with van der Waals surface area (Å²) in [5.74, 6) is 2.31. The fourth-order valence-electron chi connectivity index (χ4n) is 2.79. The molecule has 0 aromatic heterocycles. The van der Waals surface area contributed by atoms with Crippen LogP contribution in [0.15, 0.2) is 4.99 Å². The van der Waals surface area contributed by atoms with Gasteiger partial charge in [0.2, 0.25) is 0 Å². The molecule has 1 aliphatic heterocycles. The zero-order valence-corrected chi connectivity index (χ0v) is 17.2. The van der Waals surface area contributed by atoms with Gasteiger partial charge in [0.05, 0.1) is 0 Å². The highest BCUT2D eigenvalue weighted by Crippen LogP contribution is 2.15. The topological polar surface area (TPSA) is 30.9 Å². The van der Waals surface area contributed by atoms with Crippen molar-refractivity contribution >= 4 is 41.7 Å². The number of nitrogens with one attached hydrogen (secondary N) is 1. The van der Waals surface area contributed by atoms with Crippen molar-refractivity contribution in [3.05, 3.63) is 0 Å². The fourth-order valence-corrected chi connectivity index (χ4v) is 3.21. The molecule has 4 nitrogen and oxygen atoms in total. The van der Waals surface area contributed by atoms with Gasteiger partial charge in [-0.25, -0.2) is 0 Å². The Labute approximate surface area is 152 Å². The number of rotatable bonds is 8. The molecule has 1 atom stereocenters. The van der Waals surface area contributed by atoms with E-state index in [-0.39, 0.29) is 24.0 Å². The fraction of sp³-hybridized carbons (Fsp3) is 0.933. The molecule has 0 bridgehead atoms. The van der Waals surface area contributed by atoms with Gasteiger partial charge >= 0.3 is 0 Å². The third-order valence-electron chi connectivity index (χ3n) is 3.89. The Morgan fingerprint density at radius 2 is 2.05 bits per heavy atom. The SMILES string of the molecule is CCNC(=NCCCSC)N1CCC(N(CC)CC)C1.I. The maximum absolute atomic E-state index is 4.78. The van der Waals surface area contributed by atoms with E-state index in [1.165, 1.54) is 18.6 Å². The molecule has 1 saturated heterocycles. The van der Waals surface area contributed by atoms with Gasteiger partial charge in [0.25, 0.3) is 0 Å².